The summed E-state index contributed by atoms with van der Waals surface area (Å²) >= 11 is 1.48. The van der Waals surface area contributed by atoms with Gasteiger partial charge in [0.05, 0.1) is 11.9 Å². The second-order valence-corrected chi connectivity index (χ2v) is 7.13. The number of nitrogens with zero attached hydrogens (tertiary/aromatic N) is 5. The number of hydrogen-bond acceptors (Lipinski definition) is 9. The van der Waals surface area contributed by atoms with Crippen LogP contribution in [0.15, 0.2) is 54.7 Å². The normalized spacial score (nSPS) is 13.1. The molecule has 29 heavy (non-hydrogen) atoms. The number of thiophene rings is 1. The van der Waals surface area contributed by atoms with Crippen molar-refractivity contribution < 1.29 is 14.6 Å². The van der Waals surface area contributed by atoms with E-state index in [-0.39, 0.29) is 5.69 Å². The van der Waals surface area contributed by atoms with Gasteiger partial charge < -0.3 is 9.84 Å². The van der Waals surface area contributed by atoms with Crippen molar-refractivity contribution in [3.63, 3.8) is 0 Å². The second kappa shape index (κ2) is 7.86. The van der Waals surface area contributed by atoms with Crippen LogP contribution >= 0.6 is 11.3 Å². The smallest absolute Gasteiger partial charge is 0.354 e. The molecule has 0 aliphatic carbocycles. The van der Waals surface area contributed by atoms with Gasteiger partial charge in [-0.3, -0.25) is 15.7 Å². The molecule has 146 valence electrons. The van der Waals surface area contributed by atoms with Gasteiger partial charge in [0.2, 0.25) is 5.72 Å². The van der Waals surface area contributed by atoms with Crippen LogP contribution in [0.5, 0.6) is 5.75 Å². The highest BCUT2D eigenvalue weighted by atomic mass is 32.1. The predicted molar refractivity (Wildman–Crippen MR) is 105 cm³/mol. The summed E-state index contributed by atoms with van der Waals surface area (Å²) in [4.78, 5) is 32.8. The van der Waals surface area contributed by atoms with Gasteiger partial charge in [0, 0.05) is 30.4 Å². The SMILES string of the molecule is NC(CCc1cnccn1)(Oc1ccc(C(=O)O)nc1)c1ncnc2sccc12. The van der Waals surface area contributed by atoms with Gasteiger partial charge >= 0.3 is 5.97 Å². The van der Waals surface area contributed by atoms with Crippen molar-refractivity contribution in [3.8, 4) is 5.75 Å². The molecular weight excluding hydrogens is 392 g/mol. The predicted octanol–water partition coefficient (Wildman–Crippen LogP) is 2.40. The molecule has 0 saturated heterocycles. The maximum absolute atomic E-state index is 11.0. The number of ether oxygens (including phenoxy) is 1. The van der Waals surface area contributed by atoms with E-state index in [2.05, 4.69) is 24.9 Å². The molecule has 4 aromatic heterocycles. The summed E-state index contributed by atoms with van der Waals surface area (Å²) in [7, 11) is 0. The van der Waals surface area contributed by atoms with E-state index >= 15 is 0 Å². The molecule has 0 aromatic carbocycles. The van der Waals surface area contributed by atoms with E-state index in [4.69, 9.17) is 15.6 Å². The molecule has 1 unspecified atom stereocenters. The number of hydrogen-bond donors (Lipinski definition) is 2. The van der Waals surface area contributed by atoms with Crippen LogP contribution in [0.4, 0.5) is 0 Å². The third kappa shape index (κ3) is 4.03. The number of pyridine rings is 1. The first-order valence-electron chi connectivity index (χ1n) is 8.66. The Morgan fingerprint density at radius 2 is 2.03 bits per heavy atom. The number of carbonyl (C=O) groups is 1. The van der Waals surface area contributed by atoms with Gasteiger partial charge in [0.25, 0.3) is 0 Å². The summed E-state index contributed by atoms with van der Waals surface area (Å²) in [6, 6.07) is 4.78. The van der Waals surface area contributed by atoms with Crippen molar-refractivity contribution in [2.45, 2.75) is 18.6 Å². The summed E-state index contributed by atoms with van der Waals surface area (Å²) in [6.07, 6.45) is 8.53. The highest BCUT2D eigenvalue weighted by Crippen LogP contribution is 2.32. The van der Waals surface area contributed by atoms with Gasteiger partial charge in [-0.05, 0) is 30.0 Å². The van der Waals surface area contributed by atoms with Crippen LogP contribution in [0.3, 0.4) is 0 Å². The van der Waals surface area contributed by atoms with Crippen LogP contribution in [-0.4, -0.2) is 36.0 Å². The lowest BCUT2D eigenvalue weighted by Crippen LogP contribution is -2.44. The Kier molecular flexibility index (Phi) is 5.10. The molecule has 4 heterocycles. The first-order valence-corrected chi connectivity index (χ1v) is 9.54. The fourth-order valence-corrected chi connectivity index (χ4v) is 3.63. The van der Waals surface area contributed by atoms with Crippen LogP contribution in [0.25, 0.3) is 10.2 Å². The molecule has 0 spiro atoms. The van der Waals surface area contributed by atoms with E-state index in [9.17, 15) is 4.79 Å². The Bertz CT molecular complexity index is 1140. The lowest BCUT2D eigenvalue weighted by atomic mass is 10.00. The van der Waals surface area contributed by atoms with Crippen LogP contribution in [0.2, 0.25) is 0 Å². The molecule has 10 heteroatoms. The summed E-state index contributed by atoms with van der Waals surface area (Å²) in [5, 5.41) is 11.7. The average molecular weight is 408 g/mol. The lowest BCUT2D eigenvalue weighted by molar-refractivity contribution is 0.0597. The van der Waals surface area contributed by atoms with Gasteiger partial charge in [-0.1, -0.05) is 0 Å². The van der Waals surface area contributed by atoms with Crippen molar-refractivity contribution in [2.24, 2.45) is 5.73 Å². The topological polar surface area (TPSA) is 137 Å². The van der Waals surface area contributed by atoms with Crippen molar-refractivity contribution in [3.05, 3.63) is 71.8 Å². The number of fused-ring (bicyclic) bond motifs is 1. The molecule has 3 N–H and O–H groups in total. The molecule has 4 rings (SSSR count). The van der Waals surface area contributed by atoms with Gasteiger partial charge in [0.1, 0.15) is 28.3 Å². The summed E-state index contributed by atoms with van der Waals surface area (Å²) in [6.45, 7) is 0. The average Bonchev–Trinajstić information content (AvgIpc) is 3.22. The third-order valence-electron chi connectivity index (χ3n) is 4.29. The number of rotatable bonds is 7. The van der Waals surface area contributed by atoms with Crippen molar-refractivity contribution in [2.75, 3.05) is 0 Å². The van der Waals surface area contributed by atoms with E-state index in [1.54, 1.807) is 18.6 Å². The Morgan fingerprint density at radius 1 is 1.14 bits per heavy atom. The van der Waals surface area contributed by atoms with Crippen LogP contribution in [-0.2, 0) is 12.1 Å². The molecule has 9 nitrogen and oxygen atoms in total. The van der Waals surface area contributed by atoms with Crippen molar-refractivity contribution in [1.82, 2.24) is 24.9 Å². The molecule has 1 atom stereocenters. The maximum atomic E-state index is 11.0. The van der Waals surface area contributed by atoms with Crippen LogP contribution in [0, 0.1) is 0 Å². The summed E-state index contributed by atoms with van der Waals surface area (Å²) in [5.74, 6) is -0.785. The van der Waals surface area contributed by atoms with Gasteiger partial charge in [0.15, 0.2) is 0 Å². The number of aromatic nitrogens is 5. The van der Waals surface area contributed by atoms with E-state index in [0.717, 1.165) is 15.9 Å². The fraction of sp³-hybridized carbons (Fsp3) is 0.158. The monoisotopic (exact) mass is 408 g/mol. The van der Waals surface area contributed by atoms with E-state index < -0.39 is 11.7 Å². The molecule has 0 saturated carbocycles. The maximum Gasteiger partial charge on any atom is 0.354 e. The molecule has 0 bridgehead atoms. The third-order valence-corrected chi connectivity index (χ3v) is 5.11. The number of aromatic carboxylic acids is 1. The number of aryl methyl sites for hydroxylation is 1. The van der Waals surface area contributed by atoms with Crippen LogP contribution in [0.1, 0.15) is 28.3 Å². The van der Waals surface area contributed by atoms with E-state index in [0.29, 0.717) is 24.3 Å². The zero-order valence-corrected chi connectivity index (χ0v) is 15.9. The minimum Gasteiger partial charge on any atom is -0.477 e. The molecule has 0 radical (unpaired) electrons. The zero-order valence-electron chi connectivity index (χ0n) is 15.1. The molecule has 0 aliphatic rings. The van der Waals surface area contributed by atoms with E-state index in [1.807, 2.05) is 11.4 Å². The Labute approximate surface area is 169 Å². The largest absolute Gasteiger partial charge is 0.477 e. The number of carboxylic acids is 1. The van der Waals surface area contributed by atoms with Crippen molar-refractivity contribution in [1.29, 1.82) is 0 Å². The molecular formula is C19H16N6O3S. The summed E-state index contributed by atoms with van der Waals surface area (Å²) < 4.78 is 6.11. The van der Waals surface area contributed by atoms with E-state index in [1.165, 1.54) is 36.0 Å². The Hall–Kier alpha value is -3.50. The first-order chi connectivity index (χ1) is 14.0. The highest BCUT2D eigenvalue weighted by molar-refractivity contribution is 7.16. The zero-order chi connectivity index (χ0) is 20.3. The number of carboxylic acid groups (broad SMARTS) is 1. The molecule has 0 amide bonds. The van der Waals surface area contributed by atoms with Gasteiger partial charge in [-0.2, -0.15) is 0 Å². The quantitative estimate of drug-likeness (QED) is 0.441. The standard InChI is InChI=1S/C19H16N6O3S/c20-19(5-3-12-9-21-6-7-22-12,16-14-4-8-29-17(14)25-11-24-16)28-13-1-2-15(18(26)27)23-10-13/h1-2,4,6-11H,3,5,20H2,(H,26,27). The highest BCUT2D eigenvalue weighted by Gasteiger charge is 2.34. The molecule has 4 aromatic rings. The number of nitrogens with two attached hydrogens (primary N) is 1. The van der Waals surface area contributed by atoms with Crippen molar-refractivity contribution >= 4 is 27.5 Å². The molecule has 0 aliphatic heterocycles. The summed E-state index contributed by atoms with van der Waals surface area (Å²) in [5.41, 5.74) is 6.63. The lowest BCUT2D eigenvalue weighted by Gasteiger charge is -2.30. The van der Waals surface area contributed by atoms with Gasteiger partial charge in [-0.15, -0.1) is 11.3 Å². The van der Waals surface area contributed by atoms with Crippen LogP contribution < -0.4 is 10.5 Å². The fourth-order valence-electron chi connectivity index (χ4n) is 2.90. The minimum atomic E-state index is -1.31. The molecule has 0 fully saturated rings. The Morgan fingerprint density at radius 3 is 2.76 bits per heavy atom. The second-order valence-electron chi connectivity index (χ2n) is 6.23. The van der Waals surface area contributed by atoms with Gasteiger partial charge in [-0.25, -0.2) is 19.7 Å². The first kappa shape index (κ1) is 18.8. The Balaban J connectivity index is 1.70. The minimum absolute atomic E-state index is 0.0817.